The molecule has 0 heterocycles. The zero-order chi connectivity index (χ0) is 13.7. The van der Waals surface area contributed by atoms with Gasteiger partial charge in [-0.2, -0.15) is 0 Å². The highest BCUT2D eigenvalue weighted by Crippen LogP contribution is 2.30. The van der Waals surface area contributed by atoms with E-state index in [2.05, 4.69) is 29.8 Å². The third-order valence-electron chi connectivity index (χ3n) is 4.05. The first-order valence-corrected chi connectivity index (χ1v) is 7.94. The molecule has 1 saturated carbocycles. The fourth-order valence-corrected chi connectivity index (χ4v) is 2.96. The molecule has 1 aliphatic carbocycles. The predicted octanol–water partition coefficient (Wildman–Crippen LogP) is 4.67. The minimum Gasteiger partial charge on any atom is -0.491 e. The van der Waals surface area contributed by atoms with Gasteiger partial charge in [0.2, 0.25) is 0 Å². The highest BCUT2D eigenvalue weighted by molar-refractivity contribution is 9.10. The summed E-state index contributed by atoms with van der Waals surface area (Å²) in [6.45, 7) is 5.98. The fraction of sp³-hybridized carbons (Fsp3) is 0.625. The summed E-state index contributed by atoms with van der Waals surface area (Å²) >= 11 is 3.43. The normalized spacial score (nSPS) is 27.2. The van der Waals surface area contributed by atoms with Crippen LogP contribution in [0.15, 0.2) is 28.7 Å². The second-order valence-corrected chi connectivity index (χ2v) is 6.48. The predicted molar refractivity (Wildman–Crippen MR) is 81.6 cm³/mol. The SMILES string of the molecule is CC1CCC(OCCOc2cccc(Br)c2)CC1C. The number of ether oxygens (including phenoxy) is 2. The van der Waals surface area contributed by atoms with Crippen LogP contribution in [0, 0.1) is 11.8 Å². The second-order valence-electron chi connectivity index (χ2n) is 5.57. The van der Waals surface area contributed by atoms with E-state index in [0.29, 0.717) is 19.3 Å². The maximum absolute atomic E-state index is 5.92. The Labute approximate surface area is 124 Å². The van der Waals surface area contributed by atoms with Crippen LogP contribution >= 0.6 is 15.9 Å². The molecular weight excluding hydrogens is 304 g/mol. The number of halogens is 1. The number of benzene rings is 1. The molecule has 3 unspecified atom stereocenters. The maximum Gasteiger partial charge on any atom is 0.120 e. The molecule has 0 spiro atoms. The first kappa shape index (κ1) is 14.9. The van der Waals surface area contributed by atoms with Crippen molar-refractivity contribution in [1.29, 1.82) is 0 Å². The van der Waals surface area contributed by atoms with Crippen LogP contribution in [0.4, 0.5) is 0 Å². The molecule has 0 N–H and O–H groups in total. The lowest BCUT2D eigenvalue weighted by Crippen LogP contribution is -2.28. The van der Waals surface area contributed by atoms with E-state index < -0.39 is 0 Å². The van der Waals surface area contributed by atoms with Crippen LogP contribution in [-0.4, -0.2) is 19.3 Å². The standard InChI is InChI=1S/C16H23BrO2/c1-12-6-7-16(10-13(12)2)19-9-8-18-15-5-3-4-14(17)11-15/h3-5,11-13,16H,6-10H2,1-2H3. The molecule has 1 aromatic rings. The minimum absolute atomic E-state index is 0.428. The summed E-state index contributed by atoms with van der Waals surface area (Å²) in [5, 5.41) is 0. The molecule has 2 rings (SSSR count). The van der Waals surface area contributed by atoms with Crippen LogP contribution in [0.25, 0.3) is 0 Å². The van der Waals surface area contributed by atoms with Crippen LogP contribution in [-0.2, 0) is 4.74 Å². The Kier molecular flexibility index (Phi) is 5.71. The van der Waals surface area contributed by atoms with Crippen LogP contribution in [0.2, 0.25) is 0 Å². The third-order valence-corrected chi connectivity index (χ3v) is 4.55. The first-order chi connectivity index (χ1) is 9.15. The van der Waals surface area contributed by atoms with Gasteiger partial charge in [0.1, 0.15) is 12.4 Å². The lowest BCUT2D eigenvalue weighted by atomic mass is 9.80. The molecular formula is C16H23BrO2. The lowest BCUT2D eigenvalue weighted by Gasteiger charge is -2.31. The largest absolute Gasteiger partial charge is 0.491 e. The van der Waals surface area contributed by atoms with Crippen molar-refractivity contribution in [2.24, 2.45) is 11.8 Å². The van der Waals surface area contributed by atoms with E-state index in [0.717, 1.165) is 22.1 Å². The van der Waals surface area contributed by atoms with Gasteiger partial charge < -0.3 is 9.47 Å². The molecule has 3 atom stereocenters. The Morgan fingerprint density at radius 2 is 2.00 bits per heavy atom. The molecule has 0 aromatic heterocycles. The van der Waals surface area contributed by atoms with Crippen molar-refractivity contribution >= 4 is 15.9 Å². The highest BCUT2D eigenvalue weighted by Gasteiger charge is 2.24. The average Bonchev–Trinajstić information content (AvgIpc) is 2.39. The topological polar surface area (TPSA) is 18.5 Å². The summed E-state index contributed by atoms with van der Waals surface area (Å²) in [7, 11) is 0. The second kappa shape index (κ2) is 7.30. The molecule has 0 bridgehead atoms. The van der Waals surface area contributed by atoms with Gasteiger partial charge in [-0.3, -0.25) is 0 Å². The van der Waals surface area contributed by atoms with Crippen molar-refractivity contribution in [3.05, 3.63) is 28.7 Å². The van der Waals surface area contributed by atoms with Crippen molar-refractivity contribution in [1.82, 2.24) is 0 Å². The lowest BCUT2D eigenvalue weighted by molar-refractivity contribution is -0.00909. The van der Waals surface area contributed by atoms with Crippen molar-refractivity contribution in [2.45, 2.75) is 39.2 Å². The van der Waals surface area contributed by atoms with E-state index >= 15 is 0 Å². The van der Waals surface area contributed by atoms with Gasteiger partial charge in [-0.05, 0) is 49.3 Å². The molecule has 0 aliphatic heterocycles. The molecule has 3 heteroatoms. The van der Waals surface area contributed by atoms with Gasteiger partial charge in [-0.1, -0.05) is 35.8 Å². The van der Waals surface area contributed by atoms with E-state index in [-0.39, 0.29) is 0 Å². The van der Waals surface area contributed by atoms with E-state index in [4.69, 9.17) is 9.47 Å². The van der Waals surface area contributed by atoms with Crippen LogP contribution in [0.1, 0.15) is 33.1 Å². The summed E-state index contributed by atoms with van der Waals surface area (Å²) in [6, 6.07) is 7.91. The van der Waals surface area contributed by atoms with E-state index in [1.807, 2.05) is 24.3 Å². The molecule has 1 fully saturated rings. The van der Waals surface area contributed by atoms with E-state index in [9.17, 15) is 0 Å². The third kappa shape index (κ3) is 4.81. The van der Waals surface area contributed by atoms with E-state index in [1.54, 1.807) is 0 Å². The van der Waals surface area contributed by atoms with Gasteiger partial charge in [0, 0.05) is 4.47 Å². The average molecular weight is 327 g/mol. The summed E-state index contributed by atoms with van der Waals surface area (Å²) in [5.74, 6) is 2.52. The first-order valence-electron chi connectivity index (χ1n) is 7.15. The van der Waals surface area contributed by atoms with Gasteiger partial charge >= 0.3 is 0 Å². The summed E-state index contributed by atoms with van der Waals surface area (Å²) in [4.78, 5) is 0. The zero-order valence-corrected chi connectivity index (χ0v) is 13.4. The van der Waals surface area contributed by atoms with Gasteiger partial charge in [0.15, 0.2) is 0 Å². The summed E-state index contributed by atoms with van der Waals surface area (Å²) in [5.41, 5.74) is 0. The van der Waals surface area contributed by atoms with Crippen LogP contribution in [0.3, 0.4) is 0 Å². The fourth-order valence-electron chi connectivity index (χ4n) is 2.58. The monoisotopic (exact) mass is 326 g/mol. The number of hydrogen-bond acceptors (Lipinski definition) is 2. The van der Waals surface area contributed by atoms with Crippen molar-refractivity contribution in [3.8, 4) is 5.75 Å². The van der Waals surface area contributed by atoms with Gasteiger partial charge in [0.25, 0.3) is 0 Å². The van der Waals surface area contributed by atoms with Crippen LogP contribution < -0.4 is 4.74 Å². The Balaban J connectivity index is 1.64. The highest BCUT2D eigenvalue weighted by atomic mass is 79.9. The Bertz CT molecular complexity index is 394. The summed E-state index contributed by atoms with van der Waals surface area (Å²) < 4.78 is 12.6. The van der Waals surface area contributed by atoms with Crippen LogP contribution in [0.5, 0.6) is 5.75 Å². The Morgan fingerprint density at radius 1 is 1.16 bits per heavy atom. The van der Waals surface area contributed by atoms with Gasteiger partial charge in [-0.15, -0.1) is 0 Å². The number of hydrogen-bond donors (Lipinski definition) is 0. The quantitative estimate of drug-likeness (QED) is 0.732. The van der Waals surface area contributed by atoms with E-state index in [1.165, 1.54) is 19.3 Å². The van der Waals surface area contributed by atoms with Crippen molar-refractivity contribution < 1.29 is 9.47 Å². The molecule has 0 amide bonds. The zero-order valence-electron chi connectivity index (χ0n) is 11.8. The summed E-state index contributed by atoms with van der Waals surface area (Å²) in [6.07, 6.45) is 4.11. The van der Waals surface area contributed by atoms with Gasteiger partial charge in [-0.25, -0.2) is 0 Å². The van der Waals surface area contributed by atoms with Crippen molar-refractivity contribution in [3.63, 3.8) is 0 Å². The smallest absolute Gasteiger partial charge is 0.120 e. The van der Waals surface area contributed by atoms with Crippen molar-refractivity contribution in [2.75, 3.05) is 13.2 Å². The van der Waals surface area contributed by atoms with Gasteiger partial charge in [0.05, 0.1) is 12.7 Å². The molecule has 19 heavy (non-hydrogen) atoms. The number of rotatable bonds is 5. The minimum atomic E-state index is 0.428. The Hall–Kier alpha value is -0.540. The Morgan fingerprint density at radius 3 is 2.74 bits per heavy atom. The molecule has 1 aromatic carbocycles. The molecule has 106 valence electrons. The molecule has 2 nitrogen and oxygen atoms in total. The maximum atomic E-state index is 5.92. The molecule has 1 aliphatic rings. The molecule has 0 radical (unpaired) electrons. The molecule has 0 saturated heterocycles.